The molecular formula is C18H18BrClN2O2S. The van der Waals surface area contributed by atoms with Gasteiger partial charge >= 0.3 is 0 Å². The summed E-state index contributed by atoms with van der Waals surface area (Å²) in [5.41, 5.74) is 2.05. The Morgan fingerprint density at radius 3 is 2.60 bits per heavy atom. The second kappa shape index (κ2) is 8.74. The highest BCUT2D eigenvalue weighted by Crippen LogP contribution is 2.24. The van der Waals surface area contributed by atoms with Gasteiger partial charge in [-0.15, -0.1) is 11.8 Å². The standard InChI is InChI=1S/C18H18BrClN2O2S/c1-11-8-12(19)4-7-16(11)21-17(23)10-22(2)18(24)14-9-13(25-3)5-6-15(14)20/h4-9H,10H2,1-3H3,(H,21,23). The lowest BCUT2D eigenvalue weighted by Gasteiger charge is -2.18. The van der Waals surface area contributed by atoms with Gasteiger partial charge in [-0.05, 0) is 55.1 Å². The Kier molecular flexibility index (Phi) is 6.93. The van der Waals surface area contributed by atoms with Crippen LogP contribution in [0.25, 0.3) is 0 Å². The van der Waals surface area contributed by atoms with Crippen LogP contribution in [-0.2, 0) is 4.79 Å². The number of halogens is 2. The van der Waals surface area contributed by atoms with Crippen LogP contribution in [-0.4, -0.2) is 36.6 Å². The monoisotopic (exact) mass is 440 g/mol. The zero-order chi connectivity index (χ0) is 18.6. The molecule has 0 saturated carbocycles. The van der Waals surface area contributed by atoms with Crippen LogP contribution >= 0.6 is 39.3 Å². The molecule has 4 nitrogen and oxygen atoms in total. The maximum atomic E-state index is 12.6. The number of nitrogens with one attached hydrogen (secondary N) is 1. The minimum Gasteiger partial charge on any atom is -0.332 e. The maximum absolute atomic E-state index is 12.6. The number of nitrogens with zero attached hydrogens (tertiary/aromatic N) is 1. The van der Waals surface area contributed by atoms with E-state index in [1.165, 1.54) is 16.7 Å². The number of amides is 2. The third kappa shape index (κ3) is 5.23. The van der Waals surface area contributed by atoms with Gasteiger partial charge in [0.15, 0.2) is 0 Å². The molecule has 2 aromatic carbocycles. The van der Waals surface area contributed by atoms with E-state index < -0.39 is 0 Å². The Balaban J connectivity index is 2.06. The largest absolute Gasteiger partial charge is 0.332 e. The van der Waals surface area contributed by atoms with Crippen LogP contribution in [0.2, 0.25) is 5.02 Å². The number of benzene rings is 2. The summed E-state index contributed by atoms with van der Waals surface area (Å²) in [5, 5.41) is 3.19. The second-order valence-corrected chi connectivity index (χ2v) is 7.72. The van der Waals surface area contributed by atoms with Crippen molar-refractivity contribution in [3.8, 4) is 0 Å². The van der Waals surface area contributed by atoms with Gasteiger partial charge in [0.25, 0.3) is 5.91 Å². The molecule has 132 valence electrons. The van der Waals surface area contributed by atoms with Crippen molar-refractivity contribution in [1.29, 1.82) is 0 Å². The average Bonchev–Trinajstić information content (AvgIpc) is 2.57. The normalized spacial score (nSPS) is 10.4. The van der Waals surface area contributed by atoms with Crippen molar-refractivity contribution in [2.75, 3.05) is 25.2 Å². The first-order chi connectivity index (χ1) is 11.8. The van der Waals surface area contributed by atoms with Crippen molar-refractivity contribution in [3.63, 3.8) is 0 Å². The van der Waals surface area contributed by atoms with Crippen molar-refractivity contribution >= 4 is 56.8 Å². The number of hydrogen-bond donors (Lipinski definition) is 1. The Hall–Kier alpha value is -1.50. The zero-order valence-corrected chi connectivity index (χ0v) is 17.3. The first-order valence-electron chi connectivity index (χ1n) is 7.47. The zero-order valence-electron chi connectivity index (χ0n) is 14.1. The van der Waals surface area contributed by atoms with Crippen LogP contribution in [0.1, 0.15) is 15.9 Å². The molecule has 0 saturated heterocycles. The van der Waals surface area contributed by atoms with Gasteiger partial charge in [-0.1, -0.05) is 27.5 Å². The molecule has 1 N–H and O–H groups in total. The van der Waals surface area contributed by atoms with Crippen LogP contribution in [0.4, 0.5) is 5.69 Å². The molecule has 0 spiro atoms. The second-order valence-electron chi connectivity index (χ2n) is 5.51. The highest BCUT2D eigenvalue weighted by Gasteiger charge is 2.18. The number of carbonyl (C=O) groups excluding carboxylic acids is 2. The minimum absolute atomic E-state index is 0.0613. The third-order valence-electron chi connectivity index (χ3n) is 3.59. The molecule has 2 aromatic rings. The molecule has 0 aliphatic carbocycles. The molecule has 0 radical (unpaired) electrons. The number of carbonyl (C=O) groups is 2. The molecule has 0 heterocycles. The quantitative estimate of drug-likeness (QED) is 0.675. The molecule has 0 unspecified atom stereocenters. The number of anilines is 1. The van der Waals surface area contributed by atoms with E-state index in [0.29, 0.717) is 10.6 Å². The van der Waals surface area contributed by atoms with Crippen molar-refractivity contribution < 1.29 is 9.59 Å². The Morgan fingerprint density at radius 2 is 1.96 bits per heavy atom. The predicted molar refractivity (Wildman–Crippen MR) is 108 cm³/mol. The number of likely N-dealkylation sites (N-methyl/N-ethyl adjacent to an activating group) is 1. The summed E-state index contributed by atoms with van der Waals surface area (Å²) in [6.45, 7) is 1.84. The van der Waals surface area contributed by atoms with E-state index in [4.69, 9.17) is 11.6 Å². The molecule has 0 aromatic heterocycles. The maximum Gasteiger partial charge on any atom is 0.255 e. The van der Waals surface area contributed by atoms with E-state index in [0.717, 1.165) is 20.6 Å². The van der Waals surface area contributed by atoms with Gasteiger partial charge in [0.05, 0.1) is 17.1 Å². The van der Waals surface area contributed by atoms with E-state index in [2.05, 4.69) is 21.2 Å². The van der Waals surface area contributed by atoms with Crippen molar-refractivity contribution in [2.45, 2.75) is 11.8 Å². The molecule has 0 aliphatic rings. The van der Waals surface area contributed by atoms with Gasteiger partial charge in [-0.3, -0.25) is 9.59 Å². The van der Waals surface area contributed by atoms with Crippen molar-refractivity contribution in [3.05, 3.63) is 57.0 Å². The molecular weight excluding hydrogens is 424 g/mol. The van der Waals surface area contributed by atoms with Gasteiger partial charge in [0, 0.05) is 22.1 Å². The van der Waals surface area contributed by atoms with E-state index in [1.54, 1.807) is 19.2 Å². The fourth-order valence-corrected chi connectivity index (χ4v) is 3.36. The fraction of sp³-hybridized carbons (Fsp3) is 0.222. The number of thioether (sulfide) groups is 1. The van der Waals surface area contributed by atoms with Crippen LogP contribution in [0.5, 0.6) is 0 Å². The predicted octanol–water partition coefficient (Wildman–Crippen LogP) is 4.84. The van der Waals surface area contributed by atoms with Crippen LogP contribution in [0.3, 0.4) is 0 Å². The smallest absolute Gasteiger partial charge is 0.255 e. The summed E-state index contributed by atoms with van der Waals surface area (Å²) in [6.07, 6.45) is 1.93. The summed E-state index contributed by atoms with van der Waals surface area (Å²) >= 11 is 11.0. The van der Waals surface area contributed by atoms with Gasteiger partial charge in [0.2, 0.25) is 5.91 Å². The summed E-state index contributed by atoms with van der Waals surface area (Å²) in [6, 6.07) is 10.9. The first kappa shape index (κ1) is 19.8. The van der Waals surface area contributed by atoms with Crippen LogP contribution in [0.15, 0.2) is 45.8 Å². The molecule has 7 heteroatoms. The number of rotatable bonds is 5. The molecule has 2 amide bonds. The molecule has 0 fully saturated rings. The summed E-state index contributed by atoms with van der Waals surface area (Å²) in [7, 11) is 1.58. The molecule has 0 atom stereocenters. The highest BCUT2D eigenvalue weighted by atomic mass is 79.9. The van der Waals surface area contributed by atoms with Gasteiger partial charge in [-0.25, -0.2) is 0 Å². The van der Waals surface area contributed by atoms with E-state index in [-0.39, 0.29) is 18.4 Å². The summed E-state index contributed by atoms with van der Waals surface area (Å²) in [4.78, 5) is 27.1. The van der Waals surface area contributed by atoms with Crippen LogP contribution < -0.4 is 5.32 Å². The lowest BCUT2D eigenvalue weighted by atomic mass is 10.2. The summed E-state index contributed by atoms with van der Waals surface area (Å²) < 4.78 is 0.943. The minimum atomic E-state index is -0.288. The Morgan fingerprint density at radius 1 is 1.24 bits per heavy atom. The Bertz CT molecular complexity index is 814. The third-order valence-corrected chi connectivity index (χ3v) is 5.14. The van der Waals surface area contributed by atoms with Crippen molar-refractivity contribution in [2.24, 2.45) is 0 Å². The molecule has 0 aliphatic heterocycles. The molecule has 2 rings (SSSR count). The van der Waals surface area contributed by atoms with Crippen LogP contribution in [0, 0.1) is 6.92 Å². The average molecular weight is 442 g/mol. The first-order valence-corrected chi connectivity index (χ1v) is 9.86. The van der Waals surface area contributed by atoms with Gasteiger partial charge in [-0.2, -0.15) is 0 Å². The SMILES string of the molecule is CSc1ccc(Cl)c(C(=O)N(C)CC(=O)Nc2ccc(Br)cc2C)c1. The number of hydrogen-bond acceptors (Lipinski definition) is 3. The van der Waals surface area contributed by atoms with Gasteiger partial charge < -0.3 is 10.2 Å². The molecule has 25 heavy (non-hydrogen) atoms. The van der Waals surface area contributed by atoms with E-state index in [9.17, 15) is 9.59 Å². The highest BCUT2D eigenvalue weighted by molar-refractivity contribution is 9.10. The topological polar surface area (TPSA) is 49.4 Å². The number of aryl methyl sites for hydroxylation is 1. The van der Waals surface area contributed by atoms with Crippen molar-refractivity contribution in [1.82, 2.24) is 4.90 Å². The van der Waals surface area contributed by atoms with Gasteiger partial charge in [0.1, 0.15) is 0 Å². The lowest BCUT2D eigenvalue weighted by Crippen LogP contribution is -2.35. The summed E-state index contributed by atoms with van der Waals surface area (Å²) in [5.74, 6) is -0.554. The van der Waals surface area contributed by atoms with E-state index >= 15 is 0 Å². The van der Waals surface area contributed by atoms with E-state index in [1.807, 2.05) is 37.4 Å². The molecule has 0 bridgehead atoms. The Labute approximate surface area is 165 Å². The lowest BCUT2D eigenvalue weighted by molar-refractivity contribution is -0.116. The fourth-order valence-electron chi connectivity index (χ4n) is 2.25.